The van der Waals surface area contributed by atoms with Crippen LogP contribution < -0.4 is 0 Å². The van der Waals surface area contributed by atoms with E-state index in [-0.39, 0.29) is 5.91 Å². The third-order valence-electron chi connectivity index (χ3n) is 4.23. The van der Waals surface area contributed by atoms with Gasteiger partial charge < -0.3 is 4.90 Å². The maximum Gasteiger partial charge on any atom is 0.224 e. The van der Waals surface area contributed by atoms with Gasteiger partial charge in [-0.1, -0.05) is 0 Å². The minimum Gasteiger partial charge on any atom is -0.341 e. The van der Waals surface area contributed by atoms with E-state index in [1.807, 2.05) is 36.5 Å². The number of hydrogen-bond acceptors (Lipinski definition) is 3. The highest BCUT2D eigenvalue weighted by Gasteiger charge is 2.16. The van der Waals surface area contributed by atoms with E-state index < -0.39 is 0 Å². The normalized spacial score (nSPS) is 11.0. The van der Waals surface area contributed by atoms with E-state index in [0.717, 1.165) is 32.8 Å². The van der Waals surface area contributed by atoms with Crippen LogP contribution in [-0.4, -0.2) is 37.4 Å². The van der Waals surface area contributed by atoms with Crippen molar-refractivity contribution in [3.8, 4) is 0 Å². The van der Waals surface area contributed by atoms with Gasteiger partial charge >= 0.3 is 0 Å². The molecule has 23 heavy (non-hydrogen) atoms. The lowest BCUT2D eigenvalue weighted by Gasteiger charge is -2.18. The molecular weight excluding hydrogens is 405 g/mol. The zero-order valence-corrected chi connectivity index (χ0v) is 16.6. The lowest BCUT2D eigenvalue weighted by Crippen LogP contribution is -2.27. The second-order valence-electron chi connectivity index (χ2n) is 5.77. The van der Waals surface area contributed by atoms with Crippen LogP contribution in [-0.2, 0) is 24.4 Å². The molecule has 126 valence electrons. The summed E-state index contributed by atoms with van der Waals surface area (Å²) >= 11 is 2.26. The summed E-state index contributed by atoms with van der Waals surface area (Å²) in [5, 5.41) is 8.81. The summed E-state index contributed by atoms with van der Waals surface area (Å²) in [7, 11) is 1.85. The Morgan fingerprint density at radius 1 is 1.26 bits per heavy atom. The number of hydrogen-bond donors (Lipinski definition) is 0. The SMILES string of the molecule is CCn1nc(C)c(CN(C)C(=O)CCn2ncc(I)c2C)c1C. The molecule has 6 nitrogen and oxygen atoms in total. The van der Waals surface area contributed by atoms with Gasteiger partial charge in [0.15, 0.2) is 0 Å². The first-order valence-corrected chi connectivity index (χ1v) is 8.87. The Balaban J connectivity index is 1.98. The van der Waals surface area contributed by atoms with E-state index >= 15 is 0 Å². The molecule has 2 aromatic heterocycles. The van der Waals surface area contributed by atoms with Crippen molar-refractivity contribution in [2.75, 3.05) is 7.05 Å². The van der Waals surface area contributed by atoms with Crippen molar-refractivity contribution in [1.29, 1.82) is 0 Å². The highest BCUT2D eigenvalue weighted by molar-refractivity contribution is 14.1. The Morgan fingerprint density at radius 2 is 1.96 bits per heavy atom. The number of aryl methyl sites for hydroxylation is 3. The Bertz CT molecular complexity index is 704. The van der Waals surface area contributed by atoms with Crippen LogP contribution in [0, 0.1) is 24.3 Å². The molecular formula is C16H24IN5O. The van der Waals surface area contributed by atoms with Gasteiger partial charge in [-0.05, 0) is 50.3 Å². The van der Waals surface area contributed by atoms with Gasteiger partial charge in [0.2, 0.25) is 5.91 Å². The Labute approximate surface area is 151 Å². The zero-order chi connectivity index (χ0) is 17.1. The number of rotatable bonds is 6. The summed E-state index contributed by atoms with van der Waals surface area (Å²) in [5.41, 5.74) is 4.40. The largest absolute Gasteiger partial charge is 0.341 e. The van der Waals surface area contributed by atoms with Crippen LogP contribution in [0.15, 0.2) is 6.20 Å². The lowest BCUT2D eigenvalue weighted by molar-refractivity contribution is -0.130. The van der Waals surface area contributed by atoms with Crippen LogP contribution in [0.4, 0.5) is 0 Å². The average molecular weight is 429 g/mol. The number of aromatic nitrogens is 4. The van der Waals surface area contributed by atoms with Gasteiger partial charge in [-0.25, -0.2) is 0 Å². The van der Waals surface area contributed by atoms with Gasteiger partial charge in [-0.3, -0.25) is 14.2 Å². The smallest absolute Gasteiger partial charge is 0.224 e. The molecule has 0 atom stereocenters. The predicted molar refractivity (Wildman–Crippen MR) is 98.1 cm³/mol. The van der Waals surface area contributed by atoms with Gasteiger partial charge in [0.05, 0.1) is 15.5 Å². The van der Waals surface area contributed by atoms with Crippen molar-refractivity contribution in [2.45, 2.75) is 53.8 Å². The Hall–Kier alpha value is -1.38. The van der Waals surface area contributed by atoms with Crippen LogP contribution >= 0.6 is 22.6 Å². The highest BCUT2D eigenvalue weighted by Crippen LogP contribution is 2.16. The molecule has 0 spiro atoms. The van der Waals surface area contributed by atoms with E-state index in [4.69, 9.17) is 0 Å². The number of carbonyl (C=O) groups excluding carboxylic acids is 1. The fraction of sp³-hybridized carbons (Fsp3) is 0.562. The van der Waals surface area contributed by atoms with Gasteiger partial charge in [-0.2, -0.15) is 10.2 Å². The molecule has 0 aliphatic heterocycles. The molecule has 0 aliphatic rings. The molecule has 1 amide bonds. The molecule has 0 saturated heterocycles. The number of carbonyl (C=O) groups is 1. The van der Waals surface area contributed by atoms with Crippen molar-refractivity contribution in [3.63, 3.8) is 0 Å². The number of halogens is 1. The second kappa shape index (κ2) is 7.46. The summed E-state index contributed by atoms with van der Waals surface area (Å²) in [5.74, 6) is 0.123. The van der Waals surface area contributed by atoms with E-state index in [9.17, 15) is 4.79 Å². The van der Waals surface area contributed by atoms with Crippen LogP contribution in [0.25, 0.3) is 0 Å². The zero-order valence-electron chi connectivity index (χ0n) is 14.4. The average Bonchev–Trinajstić information content (AvgIpc) is 2.99. The summed E-state index contributed by atoms with van der Waals surface area (Å²) < 4.78 is 5.00. The predicted octanol–water partition coefficient (Wildman–Crippen LogP) is 2.68. The minimum atomic E-state index is 0.123. The van der Waals surface area contributed by atoms with Crippen LogP contribution in [0.3, 0.4) is 0 Å². The standard InChI is InChI=1S/C16H24IN5O/c1-6-21-12(3)14(11(2)19-21)10-20(5)16(23)7-8-22-13(4)15(17)9-18-22/h9H,6-8,10H2,1-5H3. The van der Waals surface area contributed by atoms with Crippen LogP contribution in [0.1, 0.15) is 36.0 Å². The summed E-state index contributed by atoms with van der Waals surface area (Å²) in [6.45, 7) is 10.2. The molecule has 0 unspecified atom stereocenters. The Kier molecular flexibility index (Phi) is 5.83. The third-order valence-corrected chi connectivity index (χ3v) is 5.29. The molecule has 0 radical (unpaired) electrons. The first-order chi connectivity index (χ1) is 10.8. The second-order valence-corrected chi connectivity index (χ2v) is 6.93. The molecule has 0 saturated carbocycles. The van der Waals surface area contributed by atoms with E-state index in [1.165, 1.54) is 0 Å². The van der Waals surface area contributed by atoms with E-state index in [1.54, 1.807) is 4.90 Å². The first-order valence-electron chi connectivity index (χ1n) is 7.79. The molecule has 0 bridgehead atoms. The van der Waals surface area contributed by atoms with Gasteiger partial charge in [-0.15, -0.1) is 0 Å². The van der Waals surface area contributed by atoms with Crippen LogP contribution in [0.5, 0.6) is 0 Å². The summed E-state index contributed by atoms with van der Waals surface area (Å²) in [6, 6.07) is 0. The minimum absolute atomic E-state index is 0.123. The van der Waals surface area contributed by atoms with Crippen molar-refractivity contribution >= 4 is 28.5 Å². The fourth-order valence-electron chi connectivity index (χ4n) is 2.64. The van der Waals surface area contributed by atoms with Gasteiger partial charge in [0.25, 0.3) is 0 Å². The van der Waals surface area contributed by atoms with E-state index in [0.29, 0.717) is 19.5 Å². The van der Waals surface area contributed by atoms with Gasteiger partial charge in [0.1, 0.15) is 0 Å². The van der Waals surface area contributed by atoms with E-state index in [2.05, 4.69) is 46.6 Å². The van der Waals surface area contributed by atoms with Crippen molar-refractivity contribution < 1.29 is 4.79 Å². The number of nitrogens with zero attached hydrogens (tertiary/aromatic N) is 5. The molecule has 0 aliphatic carbocycles. The molecule has 7 heteroatoms. The molecule has 0 fully saturated rings. The van der Waals surface area contributed by atoms with Crippen molar-refractivity contribution in [2.24, 2.45) is 0 Å². The van der Waals surface area contributed by atoms with Crippen molar-refractivity contribution in [3.05, 3.63) is 32.4 Å². The summed E-state index contributed by atoms with van der Waals surface area (Å²) in [6.07, 6.45) is 2.28. The van der Waals surface area contributed by atoms with Crippen molar-refractivity contribution in [1.82, 2.24) is 24.5 Å². The topological polar surface area (TPSA) is 56.0 Å². The van der Waals surface area contributed by atoms with Crippen LogP contribution in [0.2, 0.25) is 0 Å². The Morgan fingerprint density at radius 3 is 2.48 bits per heavy atom. The molecule has 2 aromatic rings. The monoisotopic (exact) mass is 429 g/mol. The number of amides is 1. The molecule has 0 aromatic carbocycles. The quantitative estimate of drug-likeness (QED) is 0.664. The summed E-state index contributed by atoms with van der Waals surface area (Å²) in [4.78, 5) is 14.2. The highest BCUT2D eigenvalue weighted by atomic mass is 127. The molecule has 2 heterocycles. The maximum atomic E-state index is 12.4. The van der Waals surface area contributed by atoms with Gasteiger partial charge in [0, 0.05) is 50.1 Å². The molecule has 2 rings (SSSR count). The third kappa shape index (κ3) is 3.94. The fourth-order valence-corrected chi connectivity index (χ4v) is 3.04. The maximum absolute atomic E-state index is 12.4. The lowest BCUT2D eigenvalue weighted by atomic mass is 10.2. The first kappa shape index (κ1) is 18.0. The molecule has 0 N–H and O–H groups in total.